The summed E-state index contributed by atoms with van der Waals surface area (Å²) in [5, 5.41) is 8.95. The zero-order chi connectivity index (χ0) is 14.6. The number of carbonyl (C=O) groups is 1. The Balaban J connectivity index is 3.02. The summed E-state index contributed by atoms with van der Waals surface area (Å²) in [5.41, 5.74) is 0.688. The maximum absolute atomic E-state index is 12.6. The van der Waals surface area contributed by atoms with E-state index in [2.05, 4.69) is 29.8 Å². The van der Waals surface area contributed by atoms with Crippen molar-refractivity contribution >= 4 is 21.8 Å². The molecule has 5 heteroatoms. The summed E-state index contributed by atoms with van der Waals surface area (Å²) in [6.45, 7) is 8.77. The molecule has 1 aromatic rings. The molecule has 1 aromatic heterocycles. The van der Waals surface area contributed by atoms with Gasteiger partial charge >= 0.3 is 0 Å². The van der Waals surface area contributed by atoms with Gasteiger partial charge in [-0.1, -0.05) is 0 Å². The first kappa shape index (κ1) is 16.2. The van der Waals surface area contributed by atoms with Gasteiger partial charge in [-0.05, 0) is 56.1 Å². The molecule has 1 amide bonds. The van der Waals surface area contributed by atoms with E-state index in [1.54, 1.807) is 4.90 Å². The van der Waals surface area contributed by atoms with Gasteiger partial charge < -0.3 is 14.6 Å². The number of halogens is 1. The largest absolute Gasteiger partial charge is 0.396 e. The molecule has 1 rings (SSSR count). The smallest absolute Gasteiger partial charge is 0.270 e. The minimum Gasteiger partial charge on any atom is -0.396 e. The Morgan fingerprint density at radius 3 is 2.53 bits per heavy atom. The molecule has 0 atom stereocenters. The molecule has 0 saturated heterocycles. The van der Waals surface area contributed by atoms with Crippen molar-refractivity contribution in [2.75, 3.05) is 13.2 Å². The van der Waals surface area contributed by atoms with Crippen LogP contribution in [-0.4, -0.2) is 39.7 Å². The van der Waals surface area contributed by atoms with Crippen LogP contribution in [0.4, 0.5) is 0 Å². The Hall–Kier alpha value is -0.810. The third-order valence-corrected chi connectivity index (χ3v) is 3.47. The van der Waals surface area contributed by atoms with E-state index in [4.69, 9.17) is 5.11 Å². The second kappa shape index (κ2) is 7.10. The zero-order valence-corrected chi connectivity index (χ0v) is 13.6. The minimum atomic E-state index is 0.0165. The molecule has 0 fully saturated rings. The molecule has 1 N–H and O–H groups in total. The van der Waals surface area contributed by atoms with Crippen molar-refractivity contribution in [2.24, 2.45) is 0 Å². The van der Waals surface area contributed by atoms with Crippen molar-refractivity contribution in [1.82, 2.24) is 9.47 Å². The molecule has 0 bridgehead atoms. The van der Waals surface area contributed by atoms with Gasteiger partial charge in [0.2, 0.25) is 0 Å². The lowest BCUT2D eigenvalue weighted by molar-refractivity contribution is 0.0680. The van der Waals surface area contributed by atoms with E-state index in [1.807, 2.05) is 30.7 Å². The third kappa shape index (κ3) is 4.08. The predicted octanol–water partition coefficient (Wildman–Crippen LogP) is 3.06. The minimum absolute atomic E-state index is 0.0165. The molecule has 0 aliphatic rings. The van der Waals surface area contributed by atoms with Gasteiger partial charge in [0.15, 0.2) is 0 Å². The normalized spacial score (nSPS) is 11.4. The molecular weight excluding hydrogens is 308 g/mol. The summed E-state index contributed by atoms with van der Waals surface area (Å²) in [6, 6.07) is 2.21. The molecule has 108 valence electrons. The van der Waals surface area contributed by atoms with E-state index < -0.39 is 0 Å². The monoisotopic (exact) mass is 330 g/mol. The van der Waals surface area contributed by atoms with Gasteiger partial charge in [-0.15, -0.1) is 0 Å². The summed E-state index contributed by atoms with van der Waals surface area (Å²) in [5.74, 6) is 0.0165. The fraction of sp³-hybridized carbons (Fsp3) is 0.643. The summed E-state index contributed by atoms with van der Waals surface area (Å²) >= 11 is 3.43. The lowest BCUT2D eigenvalue weighted by atomic mass is 10.2. The first-order valence-corrected chi connectivity index (χ1v) is 7.47. The number of nitrogens with zero attached hydrogens (tertiary/aromatic N) is 2. The standard InChI is InChI=1S/C14H23BrN2O2/c1-10(2)16(6-5-7-18)14(19)13-8-12(15)9-17(13)11(3)4/h8-11,18H,5-7H2,1-4H3. The lowest BCUT2D eigenvalue weighted by Gasteiger charge is -2.27. The number of hydrogen-bond acceptors (Lipinski definition) is 2. The van der Waals surface area contributed by atoms with Gasteiger partial charge in [0.25, 0.3) is 5.91 Å². The maximum Gasteiger partial charge on any atom is 0.270 e. The van der Waals surface area contributed by atoms with E-state index >= 15 is 0 Å². The molecule has 4 nitrogen and oxygen atoms in total. The number of rotatable bonds is 6. The Bertz CT molecular complexity index is 427. The third-order valence-electron chi connectivity index (χ3n) is 3.03. The molecule has 19 heavy (non-hydrogen) atoms. The Labute approximate surface area is 123 Å². The highest BCUT2D eigenvalue weighted by Gasteiger charge is 2.22. The van der Waals surface area contributed by atoms with Crippen LogP contribution in [0, 0.1) is 0 Å². The van der Waals surface area contributed by atoms with Gasteiger partial charge in [0.05, 0.1) is 0 Å². The number of carbonyl (C=O) groups excluding carboxylic acids is 1. The van der Waals surface area contributed by atoms with E-state index in [0.29, 0.717) is 18.7 Å². The van der Waals surface area contributed by atoms with Gasteiger partial charge in [-0.2, -0.15) is 0 Å². The van der Waals surface area contributed by atoms with Crippen LogP contribution in [0.2, 0.25) is 0 Å². The first-order valence-electron chi connectivity index (χ1n) is 6.67. The topological polar surface area (TPSA) is 45.5 Å². The van der Waals surface area contributed by atoms with Crippen molar-refractivity contribution in [3.63, 3.8) is 0 Å². The fourth-order valence-corrected chi connectivity index (χ4v) is 2.46. The van der Waals surface area contributed by atoms with Crippen molar-refractivity contribution in [3.8, 4) is 0 Å². The quantitative estimate of drug-likeness (QED) is 0.871. The van der Waals surface area contributed by atoms with Crippen molar-refractivity contribution < 1.29 is 9.90 Å². The van der Waals surface area contributed by atoms with E-state index in [1.165, 1.54) is 0 Å². The van der Waals surface area contributed by atoms with Crippen LogP contribution in [0.1, 0.15) is 50.6 Å². The van der Waals surface area contributed by atoms with Crippen LogP contribution in [0.15, 0.2) is 16.7 Å². The van der Waals surface area contributed by atoms with E-state index in [0.717, 1.165) is 4.47 Å². The highest BCUT2D eigenvalue weighted by Crippen LogP contribution is 2.21. The molecular formula is C14H23BrN2O2. The zero-order valence-electron chi connectivity index (χ0n) is 12.1. The van der Waals surface area contributed by atoms with Crippen molar-refractivity contribution in [2.45, 2.75) is 46.2 Å². The molecule has 0 aliphatic heterocycles. The number of aliphatic hydroxyl groups excluding tert-OH is 1. The van der Waals surface area contributed by atoms with Crippen LogP contribution in [-0.2, 0) is 0 Å². The molecule has 0 aromatic carbocycles. The average molecular weight is 331 g/mol. The Morgan fingerprint density at radius 1 is 1.42 bits per heavy atom. The van der Waals surface area contributed by atoms with Crippen LogP contribution in [0.3, 0.4) is 0 Å². The van der Waals surface area contributed by atoms with Crippen LogP contribution >= 0.6 is 15.9 Å². The highest BCUT2D eigenvalue weighted by molar-refractivity contribution is 9.10. The molecule has 0 radical (unpaired) electrons. The number of aliphatic hydroxyl groups is 1. The molecule has 0 saturated carbocycles. The molecule has 0 aliphatic carbocycles. The summed E-state index contributed by atoms with van der Waals surface area (Å²) in [4.78, 5) is 14.4. The second-order valence-electron chi connectivity index (χ2n) is 5.21. The summed E-state index contributed by atoms with van der Waals surface area (Å²) in [7, 11) is 0. The number of hydrogen-bond donors (Lipinski definition) is 1. The van der Waals surface area contributed by atoms with Crippen molar-refractivity contribution in [3.05, 3.63) is 22.4 Å². The van der Waals surface area contributed by atoms with Gasteiger partial charge in [-0.25, -0.2) is 0 Å². The summed E-state index contributed by atoms with van der Waals surface area (Å²) < 4.78 is 2.89. The van der Waals surface area contributed by atoms with Crippen LogP contribution in [0.25, 0.3) is 0 Å². The Kier molecular flexibility index (Phi) is 6.07. The summed E-state index contributed by atoms with van der Waals surface area (Å²) in [6.07, 6.45) is 2.54. The van der Waals surface area contributed by atoms with E-state index in [9.17, 15) is 4.79 Å². The van der Waals surface area contributed by atoms with Crippen LogP contribution in [0.5, 0.6) is 0 Å². The SMILES string of the molecule is CC(C)N(CCCO)C(=O)c1cc(Br)cn1C(C)C. The Morgan fingerprint density at radius 2 is 2.05 bits per heavy atom. The highest BCUT2D eigenvalue weighted by atomic mass is 79.9. The number of aromatic nitrogens is 1. The molecule has 0 unspecified atom stereocenters. The van der Waals surface area contributed by atoms with Crippen LogP contribution < -0.4 is 0 Å². The van der Waals surface area contributed by atoms with Crippen molar-refractivity contribution in [1.29, 1.82) is 0 Å². The van der Waals surface area contributed by atoms with E-state index in [-0.39, 0.29) is 24.6 Å². The second-order valence-corrected chi connectivity index (χ2v) is 6.13. The molecule has 1 heterocycles. The van der Waals surface area contributed by atoms with Gasteiger partial charge in [-0.3, -0.25) is 4.79 Å². The fourth-order valence-electron chi connectivity index (χ4n) is 2.03. The predicted molar refractivity (Wildman–Crippen MR) is 80.4 cm³/mol. The number of amides is 1. The van der Waals surface area contributed by atoms with Gasteiger partial charge in [0.1, 0.15) is 5.69 Å². The first-order chi connectivity index (χ1) is 8.88. The lowest BCUT2D eigenvalue weighted by Crippen LogP contribution is -2.39. The molecule has 0 spiro atoms. The van der Waals surface area contributed by atoms with Gasteiger partial charge in [0, 0.05) is 35.9 Å². The average Bonchev–Trinajstić information content (AvgIpc) is 2.71. The maximum atomic E-state index is 12.6.